The smallest absolute Gasteiger partial charge is 0.256 e. The Kier molecular flexibility index (Phi) is 22.4. The molecule has 4 N–H and O–H groups in total. The van der Waals surface area contributed by atoms with Crippen molar-refractivity contribution in [3.05, 3.63) is 148 Å². The van der Waals surface area contributed by atoms with E-state index < -0.39 is 0 Å². The first-order valence-electron chi connectivity index (χ1n) is 38.5. The molecule has 9 aliphatic rings. The molecule has 0 radical (unpaired) electrons. The number of aryl methyl sites for hydroxylation is 1. The number of fused-ring (bicyclic) bond motifs is 9. The first kappa shape index (κ1) is 74.9. The monoisotopic (exact) mass is 1520 g/mol. The van der Waals surface area contributed by atoms with Crippen LogP contribution in [-0.4, -0.2) is 267 Å². The number of para-hydroxylation sites is 1. The lowest BCUT2D eigenvalue weighted by Gasteiger charge is -2.35. The summed E-state index contributed by atoms with van der Waals surface area (Å²) in [4.78, 5) is 98.9. The number of aliphatic hydroxyl groups is 4. The Bertz CT molecular complexity index is 5100. The molecule has 112 heavy (non-hydrogen) atoms. The van der Waals surface area contributed by atoms with Crippen LogP contribution in [0.15, 0.2) is 119 Å². The number of ether oxygens (including phenoxy) is 5. The average molecular weight is 1520 g/mol. The zero-order valence-corrected chi connectivity index (χ0v) is 63.2. The van der Waals surface area contributed by atoms with Crippen molar-refractivity contribution in [2.24, 2.45) is 15.0 Å². The molecule has 6 aromatic carbocycles. The molecule has 0 saturated carbocycles. The number of hydrogen-bond acceptors (Lipinski definition) is 27. The Balaban J connectivity index is 0.000000127. The van der Waals surface area contributed by atoms with Gasteiger partial charge in [0.25, 0.3) is 17.7 Å². The van der Waals surface area contributed by atoms with Crippen LogP contribution in [0.5, 0.6) is 28.7 Å². The van der Waals surface area contributed by atoms with Crippen molar-refractivity contribution >= 4 is 104 Å². The van der Waals surface area contributed by atoms with E-state index in [-0.39, 0.29) is 62.3 Å². The summed E-state index contributed by atoms with van der Waals surface area (Å²) in [6, 6.07) is 26.5. The van der Waals surface area contributed by atoms with E-state index in [0.29, 0.717) is 99.2 Å². The summed E-state index contributed by atoms with van der Waals surface area (Å²) in [5.41, 5.74) is 9.50. The number of carbonyl (C=O) groups is 3. The van der Waals surface area contributed by atoms with Gasteiger partial charge >= 0.3 is 0 Å². The summed E-state index contributed by atoms with van der Waals surface area (Å²) in [5, 5.41) is 42.6. The van der Waals surface area contributed by atoms with Gasteiger partial charge in [-0.3, -0.25) is 44.1 Å². The number of aromatic nitrogens is 6. The Labute approximate surface area is 647 Å². The quantitative estimate of drug-likeness (QED) is 0.0641. The minimum Gasteiger partial charge on any atom is -0.496 e. The van der Waals surface area contributed by atoms with Gasteiger partial charge < -0.3 is 73.5 Å². The zero-order chi connectivity index (χ0) is 76.9. The average Bonchev–Trinajstić information content (AvgIpc) is 1.71. The van der Waals surface area contributed by atoms with Crippen molar-refractivity contribution in [1.29, 1.82) is 0 Å². The van der Waals surface area contributed by atoms with Crippen LogP contribution in [0.3, 0.4) is 0 Å². The fourth-order valence-corrected chi connectivity index (χ4v) is 16.3. The fourth-order valence-electron chi connectivity index (χ4n) is 16.3. The molecule has 12 heterocycles. The molecule has 18 rings (SSSR count). The molecule has 9 aromatic rings. The minimum atomic E-state index is -0.223. The topological polar surface area (TPSA) is 322 Å². The summed E-state index contributed by atoms with van der Waals surface area (Å²) in [6.45, 7) is 14.1. The number of rotatable bonds is 18. The van der Waals surface area contributed by atoms with Gasteiger partial charge in [0, 0.05) is 173 Å². The van der Waals surface area contributed by atoms with E-state index in [1.54, 1.807) is 69.6 Å². The molecule has 0 spiro atoms. The number of carbonyl (C=O) groups excluding carboxylic acids is 3. The largest absolute Gasteiger partial charge is 0.496 e. The van der Waals surface area contributed by atoms with Crippen LogP contribution in [-0.2, 0) is 26.4 Å². The van der Waals surface area contributed by atoms with Gasteiger partial charge in [0.05, 0.1) is 109 Å². The SMILES string of the molecule is COc1cc2c(N3CCN(COc4cc5c(cc4CO)C(=O)N4CCC[C@H]4C=N5)CC3)ncnc2cc1C.COc1cc2c(N3CCN(COc4cc5c(cc4CO)C(=O)N4CCC[C@H]4C=N5)CC3)ncnc2cc1CO.O=C1c2cc(CO)c(OCN3CCN(c4ncnc5ccccc45)CC3)cc2N=C[C@@H]2CCCN12. The molecule has 6 fully saturated rings. The Morgan fingerprint density at radius 2 is 0.723 bits per heavy atom. The van der Waals surface area contributed by atoms with Gasteiger partial charge in [0.15, 0.2) is 0 Å². The maximum Gasteiger partial charge on any atom is 0.256 e. The first-order chi connectivity index (χ1) is 54.8. The normalized spacial score (nSPS) is 19.6. The van der Waals surface area contributed by atoms with Crippen LogP contribution >= 0.6 is 0 Å². The number of aliphatic imine (C=N–C) groups is 3. The predicted octanol–water partition coefficient (Wildman–Crippen LogP) is 7.62. The maximum absolute atomic E-state index is 13.1. The van der Waals surface area contributed by atoms with E-state index in [2.05, 4.69) is 80.3 Å². The van der Waals surface area contributed by atoms with Crippen LogP contribution in [0.4, 0.5) is 34.5 Å². The molecule has 30 heteroatoms. The predicted molar refractivity (Wildman–Crippen MR) is 424 cm³/mol. The highest BCUT2D eigenvalue weighted by Crippen LogP contribution is 2.40. The number of benzene rings is 6. The lowest BCUT2D eigenvalue weighted by molar-refractivity contribution is 0.0766. The molecule has 0 bridgehead atoms. The molecular weight excluding hydrogens is 1430 g/mol. The molecule has 582 valence electrons. The molecule has 3 aromatic heterocycles. The number of piperazine rings is 3. The summed E-state index contributed by atoms with van der Waals surface area (Å²) in [5.74, 6) is 5.73. The molecule has 0 aliphatic carbocycles. The van der Waals surface area contributed by atoms with Gasteiger partial charge in [0.1, 0.15) is 85.4 Å². The van der Waals surface area contributed by atoms with Gasteiger partial charge in [-0.1, -0.05) is 12.1 Å². The van der Waals surface area contributed by atoms with Gasteiger partial charge in [-0.2, -0.15) is 0 Å². The van der Waals surface area contributed by atoms with Crippen LogP contribution in [0.1, 0.15) is 97.4 Å². The van der Waals surface area contributed by atoms with Gasteiger partial charge in [-0.15, -0.1) is 0 Å². The van der Waals surface area contributed by atoms with Crippen LogP contribution in [0.25, 0.3) is 32.7 Å². The zero-order valence-electron chi connectivity index (χ0n) is 63.2. The van der Waals surface area contributed by atoms with E-state index >= 15 is 0 Å². The Morgan fingerprint density at radius 3 is 1.11 bits per heavy atom. The number of amides is 3. The number of anilines is 3. The van der Waals surface area contributed by atoms with Gasteiger partial charge in [0.2, 0.25) is 0 Å². The third-order valence-corrected chi connectivity index (χ3v) is 22.6. The molecule has 6 saturated heterocycles. The Hall–Kier alpha value is -11.1. The second-order valence-corrected chi connectivity index (χ2v) is 29.3. The molecule has 30 nitrogen and oxygen atoms in total. The van der Waals surface area contributed by atoms with E-state index in [0.717, 1.165) is 198 Å². The maximum atomic E-state index is 13.1. The second-order valence-electron chi connectivity index (χ2n) is 29.3. The highest BCUT2D eigenvalue weighted by molar-refractivity contribution is 6.05. The van der Waals surface area contributed by atoms with Crippen LogP contribution < -0.4 is 38.4 Å². The molecule has 9 aliphatic heterocycles. The molecule has 3 atom stereocenters. The van der Waals surface area contributed by atoms with E-state index in [9.17, 15) is 34.8 Å². The highest BCUT2D eigenvalue weighted by Gasteiger charge is 2.37. The lowest BCUT2D eigenvalue weighted by Crippen LogP contribution is -2.48. The standard InChI is InChI=1S/C28H32N6O5.C28H32N6O4.C26H28N6O3/c1-38-25-11-21-23(10-19(25)15-36)30-16-31-27(21)33-7-5-32(6-8-33)17-39-26-12-24-22(9-18(26)14-35)28(37)34-4-2-3-20(34)13-29-24;1-18-10-23-21(12-25(18)37-2)27(31-16-30-23)33-8-6-32(7-9-33)17-38-26-13-24-22(11-19(26)15-35)28(36)34-5-3-4-20(34)14-29-24;33-15-18-12-21-23(27-14-19-4-3-7-32(19)26(21)34)13-24(18)35-17-30-8-10-31(11-9-30)25-20-5-1-2-6-22(20)28-16-29-25/h9-13,16,20,35-36H,2-8,14-15,17H2,1H3;10-14,16,20,35H,3-9,15,17H2,1-2H3;1-2,5-6,12-14,16,19,33H,3-4,7-11,15,17H2/t2*20-;19-/m000/s1. The first-order valence-corrected chi connectivity index (χ1v) is 38.5. The summed E-state index contributed by atoms with van der Waals surface area (Å²) >= 11 is 0. The third-order valence-electron chi connectivity index (χ3n) is 22.6. The van der Waals surface area contributed by atoms with Crippen LogP contribution in [0.2, 0.25) is 0 Å². The lowest BCUT2D eigenvalue weighted by atomic mass is 10.1. The van der Waals surface area contributed by atoms with Crippen molar-refractivity contribution < 1.29 is 58.5 Å². The Morgan fingerprint density at radius 1 is 0.375 bits per heavy atom. The van der Waals surface area contributed by atoms with Crippen molar-refractivity contribution in [2.45, 2.75) is 90.0 Å². The van der Waals surface area contributed by atoms with E-state index in [4.69, 9.17) is 23.7 Å². The van der Waals surface area contributed by atoms with E-state index in [1.807, 2.05) is 82.7 Å². The third kappa shape index (κ3) is 15.4. The van der Waals surface area contributed by atoms with Crippen LogP contribution in [0, 0.1) is 6.92 Å². The number of methoxy groups -OCH3 is 2. The minimum absolute atomic E-state index is 0.0189. The van der Waals surface area contributed by atoms with Crippen molar-refractivity contribution in [1.82, 2.24) is 59.3 Å². The fraction of sp³-hybridized carbons (Fsp3) is 0.415. The van der Waals surface area contributed by atoms with Crippen molar-refractivity contribution in [3.63, 3.8) is 0 Å². The van der Waals surface area contributed by atoms with Gasteiger partial charge in [-0.25, -0.2) is 29.9 Å². The van der Waals surface area contributed by atoms with Crippen molar-refractivity contribution in [3.8, 4) is 28.7 Å². The second kappa shape index (κ2) is 33.4. The summed E-state index contributed by atoms with van der Waals surface area (Å²) < 4.78 is 29.4. The number of hydrogen-bond donors (Lipinski definition) is 4. The highest BCUT2D eigenvalue weighted by atomic mass is 16.5. The molecular formula is C82H92N18O12. The number of aliphatic hydroxyl groups excluding tert-OH is 4. The molecule has 3 amide bonds. The molecule has 0 unspecified atom stereocenters. The summed E-state index contributed by atoms with van der Waals surface area (Å²) in [6.07, 6.45) is 16.1. The van der Waals surface area contributed by atoms with Crippen molar-refractivity contribution in [2.75, 3.05) is 147 Å². The summed E-state index contributed by atoms with van der Waals surface area (Å²) in [7, 11) is 3.26. The number of nitrogens with zero attached hydrogens (tertiary/aromatic N) is 18. The van der Waals surface area contributed by atoms with Gasteiger partial charge in [-0.05, 0) is 106 Å². The van der Waals surface area contributed by atoms with E-state index in [1.165, 1.54) is 0 Å².